The summed E-state index contributed by atoms with van der Waals surface area (Å²) in [6.07, 6.45) is 6.29. The van der Waals surface area contributed by atoms with Crippen molar-refractivity contribution in [1.29, 1.82) is 0 Å². The smallest absolute Gasteiger partial charge is 0.258 e. The average molecular weight is 507 g/mol. The third-order valence-electron chi connectivity index (χ3n) is 5.51. The highest BCUT2D eigenvalue weighted by Gasteiger charge is 2.23. The average Bonchev–Trinajstić information content (AvgIpc) is 2.83. The number of rotatable bonds is 10. The number of carbonyl (C=O) groups excluding carboxylic acids is 2. The van der Waals surface area contributed by atoms with E-state index in [0.29, 0.717) is 21.3 Å². The van der Waals surface area contributed by atoms with Gasteiger partial charge in [-0.15, -0.1) is 0 Å². The van der Waals surface area contributed by atoms with E-state index in [4.69, 9.17) is 9.47 Å². The Balaban J connectivity index is 1.32. The highest BCUT2D eigenvalue weighted by atomic mass is 32.2. The molecule has 184 valence electrons. The first kappa shape index (κ1) is 25.9. The molecule has 2 unspecified atom stereocenters. The van der Waals surface area contributed by atoms with Crippen molar-refractivity contribution in [3.8, 4) is 11.5 Å². The number of ether oxygens (including phenoxy) is 2. The zero-order chi connectivity index (χ0) is 24.5. The first-order chi connectivity index (χ1) is 16.3. The van der Waals surface area contributed by atoms with Gasteiger partial charge in [-0.2, -0.15) is 0 Å². The number of benzene rings is 2. The molecule has 1 fully saturated rings. The van der Waals surface area contributed by atoms with Crippen LogP contribution in [0.3, 0.4) is 0 Å². The van der Waals surface area contributed by atoms with Gasteiger partial charge in [0.25, 0.3) is 11.8 Å². The Morgan fingerprint density at radius 1 is 0.706 bits per heavy atom. The summed E-state index contributed by atoms with van der Waals surface area (Å²) in [6.45, 7) is -0.171. The van der Waals surface area contributed by atoms with Gasteiger partial charge < -0.3 is 20.1 Å². The van der Waals surface area contributed by atoms with E-state index in [0.717, 1.165) is 25.7 Å². The van der Waals surface area contributed by atoms with Crippen LogP contribution in [0.5, 0.6) is 11.5 Å². The summed E-state index contributed by atoms with van der Waals surface area (Å²) in [6, 6.07) is 13.8. The fourth-order valence-corrected chi connectivity index (χ4v) is 4.71. The number of carbonyl (C=O) groups is 2. The fraction of sp³-hybridized carbons (Fsp3) is 0.417. The van der Waals surface area contributed by atoms with Crippen LogP contribution in [-0.2, 0) is 31.2 Å². The van der Waals surface area contributed by atoms with Crippen LogP contribution in [0.25, 0.3) is 0 Å². The predicted molar refractivity (Wildman–Crippen MR) is 131 cm³/mol. The normalized spacial score (nSPS) is 19.5. The number of nitrogens with one attached hydrogen (secondary N) is 2. The van der Waals surface area contributed by atoms with Gasteiger partial charge in [0.15, 0.2) is 13.2 Å². The van der Waals surface area contributed by atoms with Gasteiger partial charge in [0.1, 0.15) is 11.5 Å². The molecule has 2 aromatic carbocycles. The minimum absolute atomic E-state index is 0.0491. The molecule has 2 N–H and O–H groups in total. The molecule has 2 atom stereocenters. The van der Waals surface area contributed by atoms with Crippen LogP contribution in [0.1, 0.15) is 25.7 Å². The van der Waals surface area contributed by atoms with Crippen LogP contribution >= 0.6 is 0 Å². The summed E-state index contributed by atoms with van der Waals surface area (Å²) in [7, 11) is -2.10. The lowest BCUT2D eigenvalue weighted by atomic mass is 9.91. The van der Waals surface area contributed by atoms with Crippen LogP contribution in [0.15, 0.2) is 58.3 Å². The fourth-order valence-electron chi connectivity index (χ4n) is 3.67. The van der Waals surface area contributed by atoms with Crippen LogP contribution in [0, 0.1) is 0 Å². The summed E-state index contributed by atoms with van der Waals surface area (Å²) in [5, 5.41) is 5.96. The largest absolute Gasteiger partial charge is 0.484 e. The summed E-state index contributed by atoms with van der Waals surface area (Å²) < 4.78 is 33.8. The van der Waals surface area contributed by atoms with Crippen molar-refractivity contribution in [2.24, 2.45) is 0 Å². The Hall–Kier alpha value is -2.72. The van der Waals surface area contributed by atoms with Crippen molar-refractivity contribution in [1.82, 2.24) is 10.6 Å². The second kappa shape index (κ2) is 12.7. The van der Waals surface area contributed by atoms with Gasteiger partial charge in [0.05, 0.1) is 0 Å². The third-order valence-corrected chi connectivity index (χ3v) is 7.38. The molecule has 10 heteroatoms. The Morgan fingerprint density at radius 2 is 1.03 bits per heavy atom. The van der Waals surface area contributed by atoms with Crippen LogP contribution in [0.2, 0.25) is 0 Å². The van der Waals surface area contributed by atoms with E-state index in [9.17, 15) is 18.0 Å². The summed E-state index contributed by atoms with van der Waals surface area (Å²) in [4.78, 5) is 25.8. The van der Waals surface area contributed by atoms with E-state index >= 15 is 0 Å². The molecule has 1 aliphatic rings. The van der Waals surface area contributed by atoms with Gasteiger partial charge >= 0.3 is 0 Å². The quantitative estimate of drug-likeness (QED) is 0.511. The molecule has 2 aromatic rings. The third kappa shape index (κ3) is 8.25. The summed E-state index contributed by atoms with van der Waals surface area (Å²) in [5.41, 5.74) is 0. The van der Waals surface area contributed by atoms with Gasteiger partial charge in [-0.25, -0.2) is 0 Å². The lowest BCUT2D eigenvalue weighted by Gasteiger charge is -2.29. The number of hydrogen-bond donors (Lipinski definition) is 2. The predicted octanol–water partition coefficient (Wildman–Crippen LogP) is 2.16. The van der Waals surface area contributed by atoms with E-state index in [-0.39, 0.29) is 37.1 Å². The lowest BCUT2D eigenvalue weighted by Crippen LogP contribution is -2.45. The number of amides is 2. The highest BCUT2D eigenvalue weighted by molar-refractivity contribution is 7.84. The van der Waals surface area contributed by atoms with E-state index in [1.807, 2.05) is 0 Å². The Kier molecular flexibility index (Phi) is 9.64. The summed E-state index contributed by atoms with van der Waals surface area (Å²) >= 11 is 0. The standard InChI is InChI=1S/C24H30N2O6S2/c1-33(29)21-11-7-19(8-12-21)31-15-23(27)25-17-3-5-18(6-4-17)26-24(28)16-32-20-9-13-22(14-10-20)34(2)30/h7-14,17-18H,3-6,15-16H2,1-2H3,(H,25,27)(H,26,28). The van der Waals surface area contributed by atoms with E-state index in [1.54, 1.807) is 61.0 Å². The molecule has 0 heterocycles. The van der Waals surface area contributed by atoms with Gasteiger partial charge in [-0.05, 0) is 74.2 Å². The second-order valence-corrected chi connectivity index (χ2v) is 10.9. The molecule has 0 aromatic heterocycles. The molecule has 34 heavy (non-hydrogen) atoms. The first-order valence-electron chi connectivity index (χ1n) is 11.0. The van der Waals surface area contributed by atoms with Gasteiger partial charge in [-0.1, -0.05) is 0 Å². The van der Waals surface area contributed by atoms with Gasteiger partial charge in [-0.3, -0.25) is 18.0 Å². The zero-order valence-corrected chi connectivity index (χ0v) is 20.9. The second-order valence-electron chi connectivity index (χ2n) is 8.11. The minimum atomic E-state index is -1.05. The molecule has 0 spiro atoms. The first-order valence-corrected chi connectivity index (χ1v) is 14.1. The van der Waals surface area contributed by atoms with Crippen molar-refractivity contribution < 1.29 is 27.5 Å². The molecule has 1 aliphatic carbocycles. The van der Waals surface area contributed by atoms with E-state index in [2.05, 4.69) is 10.6 Å². The van der Waals surface area contributed by atoms with Crippen molar-refractivity contribution in [2.45, 2.75) is 47.6 Å². The van der Waals surface area contributed by atoms with Crippen LogP contribution in [0.4, 0.5) is 0 Å². The maximum Gasteiger partial charge on any atom is 0.258 e. The highest BCUT2D eigenvalue weighted by Crippen LogP contribution is 2.19. The van der Waals surface area contributed by atoms with Crippen molar-refractivity contribution in [2.75, 3.05) is 25.7 Å². The molecule has 0 bridgehead atoms. The molecule has 8 nitrogen and oxygen atoms in total. The van der Waals surface area contributed by atoms with E-state index in [1.165, 1.54) is 0 Å². The van der Waals surface area contributed by atoms with Crippen molar-refractivity contribution >= 4 is 33.4 Å². The number of hydrogen-bond acceptors (Lipinski definition) is 6. The minimum Gasteiger partial charge on any atom is -0.484 e. The molecule has 3 rings (SSSR count). The van der Waals surface area contributed by atoms with Crippen LogP contribution in [-0.4, -0.2) is 58.0 Å². The molecule has 0 radical (unpaired) electrons. The molecule has 1 saturated carbocycles. The lowest BCUT2D eigenvalue weighted by molar-refractivity contribution is -0.125. The van der Waals surface area contributed by atoms with Gasteiger partial charge in [0.2, 0.25) is 0 Å². The van der Waals surface area contributed by atoms with Crippen molar-refractivity contribution in [3.05, 3.63) is 48.5 Å². The molecular weight excluding hydrogens is 476 g/mol. The zero-order valence-electron chi connectivity index (χ0n) is 19.3. The monoisotopic (exact) mass is 506 g/mol. The Labute approximate surface area is 204 Å². The maximum atomic E-state index is 12.2. The van der Waals surface area contributed by atoms with E-state index < -0.39 is 21.6 Å². The topological polar surface area (TPSA) is 111 Å². The van der Waals surface area contributed by atoms with Crippen LogP contribution < -0.4 is 20.1 Å². The molecule has 0 saturated heterocycles. The SMILES string of the molecule is CS(=O)c1ccc(OCC(=O)NC2CCC(NC(=O)COc3ccc(S(C)=O)cc3)CC2)cc1. The maximum absolute atomic E-state index is 12.2. The van der Waals surface area contributed by atoms with Crippen molar-refractivity contribution in [3.63, 3.8) is 0 Å². The summed E-state index contributed by atoms with van der Waals surface area (Å²) in [5.74, 6) is 0.715. The Morgan fingerprint density at radius 3 is 1.32 bits per heavy atom. The molecule has 2 amide bonds. The Bertz CT molecular complexity index is 935. The molecule has 0 aliphatic heterocycles. The van der Waals surface area contributed by atoms with Gasteiger partial charge in [0, 0.05) is 56.0 Å². The molecular formula is C24H30N2O6S2.